The standard InChI is InChI=1S/C22H20BrN5OS/c1-2-11-28-21(29)18(13-15-7-9-16(23)10-8-15)30-22(28)17(14-24)20-26-25-19-6-4-3-5-12-27(19)20/h2,7-10,13H,1,3-6,11-12H2/b18-13+,22-17+. The molecule has 0 saturated carbocycles. The Labute approximate surface area is 186 Å². The number of halogens is 1. The molecule has 1 aliphatic rings. The Morgan fingerprint density at radius 2 is 2.07 bits per heavy atom. The molecule has 8 heteroatoms. The third-order valence-electron chi connectivity index (χ3n) is 5.05. The van der Waals surface area contributed by atoms with Gasteiger partial charge in [0.2, 0.25) is 0 Å². The highest BCUT2D eigenvalue weighted by atomic mass is 79.9. The van der Waals surface area contributed by atoms with E-state index in [0.717, 1.165) is 48.1 Å². The van der Waals surface area contributed by atoms with Gasteiger partial charge in [0.1, 0.15) is 22.1 Å². The van der Waals surface area contributed by atoms with Crippen LogP contribution in [-0.2, 0) is 19.5 Å². The number of aryl methyl sites for hydroxylation is 1. The Bertz CT molecular complexity index is 1310. The molecular weight excluding hydrogens is 462 g/mol. The highest BCUT2D eigenvalue weighted by Gasteiger charge is 2.20. The number of hydrogen-bond acceptors (Lipinski definition) is 5. The first-order valence-electron chi connectivity index (χ1n) is 9.77. The Kier molecular flexibility index (Phi) is 6.11. The van der Waals surface area contributed by atoms with Gasteiger partial charge < -0.3 is 4.57 Å². The van der Waals surface area contributed by atoms with Gasteiger partial charge in [-0.05, 0) is 36.6 Å². The zero-order chi connectivity index (χ0) is 21.1. The van der Waals surface area contributed by atoms with Crippen LogP contribution in [0, 0.1) is 11.3 Å². The van der Waals surface area contributed by atoms with Gasteiger partial charge >= 0.3 is 0 Å². The second kappa shape index (κ2) is 8.94. The van der Waals surface area contributed by atoms with Crippen LogP contribution in [0.3, 0.4) is 0 Å². The normalized spacial score (nSPS) is 15.3. The van der Waals surface area contributed by atoms with Gasteiger partial charge in [-0.25, -0.2) is 0 Å². The fourth-order valence-electron chi connectivity index (χ4n) is 3.57. The van der Waals surface area contributed by atoms with Gasteiger partial charge in [0.15, 0.2) is 5.82 Å². The van der Waals surface area contributed by atoms with Crippen LogP contribution in [0.5, 0.6) is 0 Å². The van der Waals surface area contributed by atoms with Crippen LogP contribution in [0.25, 0.3) is 11.6 Å². The summed E-state index contributed by atoms with van der Waals surface area (Å²) in [6, 6.07) is 10.0. The van der Waals surface area contributed by atoms with Crippen molar-refractivity contribution in [1.82, 2.24) is 19.3 Å². The molecule has 3 heterocycles. The first-order chi connectivity index (χ1) is 14.6. The minimum atomic E-state index is -0.138. The lowest BCUT2D eigenvalue weighted by molar-refractivity contribution is 0.626. The molecule has 0 atom stereocenters. The van der Waals surface area contributed by atoms with Crippen LogP contribution in [0.4, 0.5) is 0 Å². The molecular formula is C22H20BrN5OS. The number of aromatic nitrogens is 4. The SMILES string of the molecule is C=CCn1c(=O)/c(=C\c2ccc(Br)cc2)s/c1=C(\C#N)c1nnc2n1CCCCC2. The molecule has 6 nitrogen and oxygen atoms in total. The zero-order valence-corrected chi connectivity index (χ0v) is 18.7. The highest BCUT2D eigenvalue weighted by molar-refractivity contribution is 9.10. The number of nitriles is 1. The molecule has 0 N–H and O–H groups in total. The summed E-state index contributed by atoms with van der Waals surface area (Å²) < 4.78 is 5.76. The van der Waals surface area contributed by atoms with E-state index >= 15 is 0 Å². The van der Waals surface area contributed by atoms with E-state index in [1.165, 1.54) is 11.3 Å². The topological polar surface area (TPSA) is 76.5 Å². The maximum absolute atomic E-state index is 13.1. The van der Waals surface area contributed by atoms with Gasteiger partial charge in [-0.2, -0.15) is 5.26 Å². The molecule has 1 aromatic carbocycles. The van der Waals surface area contributed by atoms with E-state index in [1.807, 2.05) is 34.9 Å². The zero-order valence-electron chi connectivity index (χ0n) is 16.3. The number of nitrogens with zero attached hydrogens (tertiary/aromatic N) is 5. The maximum atomic E-state index is 13.1. The third-order valence-corrected chi connectivity index (χ3v) is 6.70. The monoisotopic (exact) mass is 481 g/mol. The van der Waals surface area contributed by atoms with Crippen molar-refractivity contribution in [1.29, 1.82) is 5.26 Å². The fraction of sp³-hybridized carbons (Fsp3) is 0.273. The highest BCUT2D eigenvalue weighted by Crippen LogP contribution is 2.18. The van der Waals surface area contributed by atoms with E-state index in [4.69, 9.17) is 0 Å². The lowest BCUT2D eigenvalue weighted by Gasteiger charge is -2.06. The van der Waals surface area contributed by atoms with Crippen molar-refractivity contribution >= 4 is 38.9 Å². The summed E-state index contributed by atoms with van der Waals surface area (Å²) in [5.74, 6) is 1.45. The second-order valence-corrected chi connectivity index (χ2v) is 9.01. The number of rotatable bonds is 4. The molecule has 0 unspecified atom stereocenters. The van der Waals surface area contributed by atoms with Crippen LogP contribution in [-0.4, -0.2) is 19.3 Å². The summed E-state index contributed by atoms with van der Waals surface area (Å²) in [6.07, 6.45) is 7.62. The minimum Gasteiger partial charge on any atom is -0.310 e. The molecule has 0 fully saturated rings. The molecule has 0 radical (unpaired) electrons. The predicted octanol–water partition coefficient (Wildman–Crippen LogP) is 2.73. The van der Waals surface area contributed by atoms with Crippen molar-refractivity contribution in [2.75, 3.05) is 0 Å². The second-order valence-electron chi connectivity index (χ2n) is 7.06. The van der Waals surface area contributed by atoms with Gasteiger partial charge in [-0.15, -0.1) is 28.1 Å². The Morgan fingerprint density at radius 1 is 1.27 bits per heavy atom. The van der Waals surface area contributed by atoms with Crippen molar-refractivity contribution in [3.8, 4) is 6.07 Å². The van der Waals surface area contributed by atoms with Crippen molar-refractivity contribution in [2.24, 2.45) is 0 Å². The number of benzene rings is 1. The summed E-state index contributed by atoms with van der Waals surface area (Å²) in [7, 11) is 0. The van der Waals surface area contributed by atoms with Crippen LogP contribution >= 0.6 is 27.3 Å². The summed E-state index contributed by atoms with van der Waals surface area (Å²) in [5.41, 5.74) is 1.17. The average molecular weight is 482 g/mol. The molecule has 0 spiro atoms. The van der Waals surface area contributed by atoms with E-state index in [9.17, 15) is 10.1 Å². The van der Waals surface area contributed by atoms with Crippen molar-refractivity contribution in [3.63, 3.8) is 0 Å². The summed E-state index contributed by atoms with van der Waals surface area (Å²) in [5, 5.41) is 18.7. The molecule has 152 valence electrons. The average Bonchev–Trinajstić information content (AvgIpc) is 3.17. The molecule has 2 aromatic heterocycles. The van der Waals surface area contributed by atoms with Crippen LogP contribution in [0.1, 0.15) is 36.5 Å². The molecule has 3 aromatic rings. The van der Waals surface area contributed by atoms with E-state index in [-0.39, 0.29) is 5.56 Å². The summed E-state index contributed by atoms with van der Waals surface area (Å²) in [4.78, 5) is 13.1. The lowest BCUT2D eigenvalue weighted by atomic mass is 10.2. The smallest absolute Gasteiger partial charge is 0.269 e. The minimum absolute atomic E-state index is 0.138. The van der Waals surface area contributed by atoms with Gasteiger partial charge in [-0.1, -0.05) is 40.6 Å². The van der Waals surface area contributed by atoms with Gasteiger partial charge in [-0.3, -0.25) is 9.36 Å². The molecule has 0 amide bonds. The van der Waals surface area contributed by atoms with E-state index in [2.05, 4.69) is 38.8 Å². The maximum Gasteiger partial charge on any atom is 0.269 e. The van der Waals surface area contributed by atoms with Gasteiger partial charge in [0, 0.05) is 24.0 Å². The first kappa shape index (κ1) is 20.5. The molecule has 30 heavy (non-hydrogen) atoms. The van der Waals surface area contributed by atoms with E-state index < -0.39 is 0 Å². The number of thiazole rings is 1. The third kappa shape index (κ3) is 3.95. The number of allylic oxidation sites excluding steroid dienone is 1. The van der Waals surface area contributed by atoms with Gasteiger partial charge in [0.25, 0.3) is 5.56 Å². The fourth-order valence-corrected chi connectivity index (χ4v) is 4.95. The lowest BCUT2D eigenvalue weighted by Crippen LogP contribution is -2.32. The predicted molar refractivity (Wildman–Crippen MR) is 121 cm³/mol. The first-order valence-corrected chi connectivity index (χ1v) is 11.4. The molecule has 0 aliphatic carbocycles. The van der Waals surface area contributed by atoms with Crippen molar-refractivity contribution < 1.29 is 0 Å². The Balaban J connectivity index is 1.97. The van der Waals surface area contributed by atoms with E-state index in [1.54, 1.807) is 10.6 Å². The number of fused-ring (bicyclic) bond motifs is 1. The molecule has 0 bridgehead atoms. The van der Waals surface area contributed by atoms with Crippen LogP contribution < -0.4 is 14.8 Å². The van der Waals surface area contributed by atoms with Crippen LogP contribution in [0.2, 0.25) is 0 Å². The molecule has 4 rings (SSSR count). The van der Waals surface area contributed by atoms with Crippen molar-refractivity contribution in [2.45, 2.75) is 38.8 Å². The molecule has 0 saturated heterocycles. The molecule has 1 aliphatic heterocycles. The van der Waals surface area contributed by atoms with Crippen molar-refractivity contribution in [3.05, 3.63) is 78.2 Å². The summed E-state index contributed by atoms with van der Waals surface area (Å²) in [6.45, 7) is 4.89. The van der Waals surface area contributed by atoms with Crippen LogP contribution in [0.15, 0.2) is 46.2 Å². The van der Waals surface area contributed by atoms with E-state index in [0.29, 0.717) is 27.1 Å². The Morgan fingerprint density at radius 3 is 2.80 bits per heavy atom. The van der Waals surface area contributed by atoms with Gasteiger partial charge in [0.05, 0.1) is 4.53 Å². The quantitative estimate of drug-likeness (QED) is 0.536. The number of hydrogen-bond donors (Lipinski definition) is 0. The Hall–Kier alpha value is -2.76. The summed E-state index contributed by atoms with van der Waals surface area (Å²) >= 11 is 4.73. The largest absolute Gasteiger partial charge is 0.310 e.